The van der Waals surface area contributed by atoms with Gasteiger partial charge in [0.25, 0.3) is 0 Å². The highest BCUT2D eigenvalue weighted by molar-refractivity contribution is 7.99. The summed E-state index contributed by atoms with van der Waals surface area (Å²) in [5.74, 6) is 1.08. The predicted molar refractivity (Wildman–Crippen MR) is 127 cm³/mol. The van der Waals surface area contributed by atoms with E-state index in [0.717, 1.165) is 53.4 Å². The first-order chi connectivity index (χ1) is 15.8. The Kier molecular flexibility index (Phi) is 6.42. The number of fused-ring (bicyclic) bond motifs is 1. The van der Waals surface area contributed by atoms with E-state index in [1.165, 1.54) is 30.2 Å². The summed E-state index contributed by atoms with van der Waals surface area (Å²) in [6.45, 7) is 3.66. The van der Waals surface area contributed by atoms with Crippen LogP contribution < -0.4 is 5.32 Å². The number of carbonyl (C=O) groups excluding carboxylic acids is 1. The van der Waals surface area contributed by atoms with Gasteiger partial charge >= 0.3 is 0 Å². The summed E-state index contributed by atoms with van der Waals surface area (Å²) in [4.78, 5) is 15.1. The summed E-state index contributed by atoms with van der Waals surface area (Å²) in [6.07, 6.45) is 2.46. The highest BCUT2D eigenvalue weighted by Crippen LogP contribution is 2.24. The third kappa shape index (κ3) is 4.82. The maximum Gasteiger partial charge on any atom is 0.234 e. The van der Waals surface area contributed by atoms with Crippen LogP contribution in [0.3, 0.4) is 0 Å². The molecule has 2 aromatic heterocycles. The quantitative estimate of drug-likeness (QED) is 0.397. The maximum atomic E-state index is 12.7. The number of nitrogens with one attached hydrogen (secondary N) is 1. The van der Waals surface area contributed by atoms with Crippen LogP contribution in [0.15, 0.2) is 53.7 Å². The van der Waals surface area contributed by atoms with E-state index in [-0.39, 0.29) is 11.7 Å². The smallest absolute Gasteiger partial charge is 0.234 e. The van der Waals surface area contributed by atoms with Crippen LogP contribution in [0.2, 0.25) is 0 Å². The van der Waals surface area contributed by atoms with Crippen LogP contribution in [0.5, 0.6) is 0 Å². The highest BCUT2D eigenvalue weighted by atomic mass is 32.2. The van der Waals surface area contributed by atoms with Gasteiger partial charge in [-0.3, -0.25) is 9.69 Å². The zero-order valence-electron chi connectivity index (χ0n) is 17.5. The molecule has 1 fully saturated rings. The van der Waals surface area contributed by atoms with Crippen molar-refractivity contribution in [2.45, 2.75) is 31.1 Å². The van der Waals surface area contributed by atoms with Gasteiger partial charge in [-0.15, -0.1) is 10.2 Å². The second-order valence-electron chi connectivity index (χ2n) is 7.73. The summed E-state index contributed by atoms with van der Waals surface area (Å²) in [6, 6.07) is 15.9. The van der Waals surface area contributed by atoms with Crippen LogP contribution in [0.4, 0.5) is 5.69 Å². The molecule has 3 heterocycles. The summed E-state index contributed by atoms with van der Waals surface area (Å²) in [7, 11) is 0. The van der Waals surface area contributed by atoms with E-state index in [1.54, 1.807) is 0 Å². The fourth-order valence-electron chi connectivity index (χ4n) is 3.83. The Balaban J connectivity index is 1.30. The molecule has 8 nitrogen and oxygen atoms in total. The number of anilines is 1. The summed E-state index contributed by atoms with van der Waals surface area (Å²) < 4.78 is 10.6. The fourth-order valence-corrected chi connectivity index (χ4v) is 5.14. The van der Waals surface area contributed by atoms with Gasteiger partial charge in [-0.05, 0) is 43.6 Å². The van der Waals surface area contributed by atoms with Gasteiger partial charge in [0.05, 0.1) is 36.3 Å². The van der Waals surface area contributed by atoms with E-state index in [1.807, 2.05) is 36.4 Å². The van der Waals surface area contributed by atoms with Crippen molar-refractivity contribution < 1.29 is 4.79 Å². The van der Waals surface area contributed by atoms with Crippen LogP contribution >= 0.6 is 23.5 Å². The predicted octanol–water partition coefficient (Wildman–Crippen LogP) is 3.66. The lowest BCUT2D eigenvalue weighted by Crippen LogP contribution is -2.22. The van der Waals surface area contributed by atoms with E-state index < -0.39 is 0 Å². The first kappa shape index (κ1) is 21.0. The van der Waals surface area contributed by atoms with Crippen LogP contribution in [0.1, 0.15) is 24.2 Å². The Morgan fingerprint density at radius 2 is 1.84 bits per heavy atom. The zero-order chi connectivity index (χ0) is 21.8. The third-order valence-electron chi connectivity index (χ3n) is 5.43. The van der Waals surface area contributed by atoms with Crippen molar-refractivity contribution >= 4 is 46.1 Å². The lowest BCUT2D eigenvalue weighted by molar-refractivity contribution is -0.113. The van der Waals surface area contributed by atoms with Gasteiger partial charge in [0.15, 0.2) is 5.16 Å². The Morgan fingerprint density at radius 3 is 2.69 bits per heavy atom. The second kappa shape index (κ2) is 9.76. The molecular formula is C22H23N7OS2. The van der Waals surface area contributed by atoms with Crippen molar-refractivity contribution in [3.8, 4) is 0 Å². The average Bonchev–Trinajstić information content (AvgIpc) is 3.56. The van der Waals surface area contributed by atoms with Crippen molar-refractivity contribution in [1.82, 2.24) is 28.4 Å². The van der Waals surface area contributed by atoms with Crippen molar-refractivity contribution in [2.24, 2.45) is 0 Å². The van der Waals surface area contributed by atoms with Gasteiger partial charge in [-0.25, -0.2) is 0 Å². The number of amides is 1. The number of hydrogen-bond donors (Lipinski definition) is 1. The van der Waals surface area contributed by atoms with Crippen LogP contribution in [-0.4, -0.2) is 53.2 Å². The van der Waals surface area contributed by atoms with Crippen LogP contribution in [0, 0.1) is 0 Å². The SMILES string of the molecule is O=C(CSc1nnc(CN2CCCC2)n1Cc1ccccc1)Nc1cccc2nsnc12. The summed E-state index contributed by atoms with van der Waals surface area (Å²) >= 11 is 2.55. The maximum absolute atomic E-state index is 12.7. The molecule has 1 aliphatic rings. The summed E-state index contributed by atoms with van der Waals surface area (Å²) in [5, 5.41) is 12.6. The lowest BCUT2D eigenvalue weighted by Gasteiger charge is -2.16. The van der Waals surface area contributed by atoms with E-state index in [2.05, 4.69) is 45.9 Å². The first-order valence-electron chi connectivity index (χ1n) is 10.6. The molecule has 1 aliphatic heterocycles. The molecular weight excluding hydrogens is 442 g/mol. The third-order valence-corrected chi connectivity index (χ3v) is 6.94. The molecule has 5 rings (SSSR count). The Hall–Kier alpha value is -2.82. The molecule has 32 heavy (non-hydrogen) atoms. The number of thioether (sulfide) groups is 1. The minimum absolute atomic E-state index is 0.106. The largest absolute Gasteiger partial charge is 0.323 e. The molecule has 0 aliphatic carbocycles. The minimum Gasteiger partial charge on any atom is -0.323 e. The number of likely N-dealkylation sites (tertiary alicyclic amines) is 1. The number of benzene rings is 2. The number of rotatable bonds is 8. The normalized spacial score (nSPS) is 14.2. The molecule has 0 radical (unpaired) electrons. The number of carbonyl (C=O) groups is 1. The Bertz CT molecular complexity index is 1200. The van der Waals surface area contributed by atoms with Gasteiger partial charge in [0, 0.05) is 0 Å². The highest BCUT2D eigenvalue weighted by Gasteiger charge is 2.19. The fraction of sp³-hybridized carbons (Fsp3) is 0.318. The molecule has 0 atom stereocenters. The molecule has 0 saturated carbocycles. The summed E-state index contributed by atoms with van der Waals surface area (Å²) in [5.41, 5.74) is 3.37. The van der Waals surface area contributed by atoms with E-state index in [4.69, 9.17) is 0 Å². The molecule has 10 heteroatoms. The second-order valence-corrected chi connectivity index (χ2v) is 9.20. The van der Waals surface area contributed by atoms with Gasteiger partial charge in [0.1, 0.15) is 16.9 Å². The van der Waals surface area contributed by atoms with Gasteiger partial charge in [0.2, 0.25) is 5.91 Å². The van der Waals surface area contributed by atoms with Gasteiger partial charge in [-0.1, -0.05) is 48.2 Å². The standard InChI is InChI=1S/C22H23N7OS2/c30-20(23-17-9-6-10-18-21(17)27-32-26-18)15-31-22-25-24-19(14-28-11-4-5-12-28)29(22)13-16-7-2-1-3-8-16/h1-3,6-10H,4-5,11-15H2,(H,23,30). The Morgan fingerprint density at radius 1 is 1.00 bits per heavy atom. The topological polar surface area (TPSA) is 88.8 Å². The average molecular weight is 466 g/mol. The number of aromatic nitrogens is 5. The molecule has 0 spiro atoms. The van der Waals surface area contributed by atoms with Crippen molar-refractivity contribution in [1.29, 1.82) is 0 Å². The molecule has 0 bridgehead atoms. The monoisotopic (exact) mass is 465 g/mol. The molecule has 164 valence electrons. The first-order valence-corrected chi connectivity index (χ1v) is 12.3. The van der Waals surface area contributed by atoms with Gasteiger partial charge < -0.3 is 9.88 Å². The number of nitrogens with zero attached hydrogens (tertiary/aromatic N) is 6. The molecule has 2 aromatic carbocycles. The zero-order valence-corrected chi connectivity index (χ0v) is 19.1. The van der Waals surface area contributed by atoms with Crippen molar-refractivity contribution in [3.63, 3.8) is 0 Å². The molecule has 4 aromatic rings. The van der Waals surface area contributed by atoms with Gasteiger partial charge in [-0.2, -0.15) is 8.75 Å². The minimum atomic E-state index is -0.106. The Labute approximate surface area is 194 Å². The van der Waals surface area contributed by atoms with E-state index in [0.29, 0.717) is 12.2 Å². The molecule has 0 unspecified atom stereocenters. The molecule has 1 N–H and O–H groups in total. The van der Waals surface area contributed by atoms with Crippen molar-refractivity contribution in [2.75, 3.05) is 24.2 Å². The van der Waals surface area contributed by atoms with E-state index >= 15 is 0 Å². The van der Waals surface area contributed by atoms with E-state index in [9.17, 15) is 4.79 Å². The molecule has 1 saturated heterocycles. The van der Waals surface area contributed by atoms with Crippen LogP contribution in [0.25, 0.3) is 11.0 Å². The van der Waals surface area contributed by atoms with Crippen molar-refractivity contribution in [3.05, 3.63) is 59.9 Å². The number of hydrogen-bond acceptors (Lipinski definition) is 8. The van der Waals surface area contributed by atoms with Crippen LogP contribution in [-0.2, 0) is 17.9 Å². The molecule has 1 amide bonds. The lowest BCUT2D eigenvalue weighted by atomic mass is 10.2.